The number of fused-ring (bicyclic) bond motifs is 1. The molecule has 208 valence electrons. The number of hydrogen-bond acceptors (Lipinski definition) is 9. The molecule has 1 aliphatic heterocycles. The molecule has 2 aromatic carbocycles. The van der Waals surface area contributed by atoms with Gasteiger partial charge in [-0.2, -0.15) is 0 Å². The number of thioether (sulfide) groups is 1. The van der Waals surface area contributed by atoms with E-state index in [0.717, 1.165) is 27.0 Å². The average Bonchev–Trinajstić information content (AvgIpc) is 3.50. The van der Waals surface area contributed by atoms with E-state index in [-0.39, 0.29) is 24.8 Å². The van der Waals surface area contributed by atoms with E-state index in [0.29, 0.717) is 20.5 Å². The van der Waals surface area contributed by atoms with Gasteiger partial charge in [0.2, 0.25) is 5.91 Å². The molecule has 0 unspecified atom stereocenters. The van der Waals surface area contributed by atoms with Crippen LogP contribution >= 0.6 is 35.3 Å². The number of esters is 1. The van der Waals surface area contributed by atoms with Crippen molar-refractivity contribution in [1.82, 2.24) is 14.9 Å². The van der Waals surface area contributed by atoms with Gasteiger partial charge < -0.3 is 10.1 Å². The van der Waals surface area contributed by atoms with Crippen molar-refractivity contribution in [3.05, 3.63) is 81.7 Å². The Morgan fingerprint density at radius 2 is 1.76 bits per heavy atom. The molecule has 2 amide bonds. The molecule has 8 nitrogen and oxygen atoms in total. The molecule has 3 heterocycles. The predicted octanol–water partition coefficient (Wildman–Crippen LogP) is 6.54. The zero-order valence-electron chi connectivity index (χ0n) is 22.5. The quantitative estimate of drug-likeness (QED) is 0.145. The molecule has 0 bridgehead atoms. The molecule has 0 aliphatic carbocycles. The monoisotopic (exact) mass is 602 g/mol. The lowest BCUT2D eigenvalue weighted by molar-refractivity contribution is -0.122. The van der Waals surface area contributed by atoms with Crippen molar-refractivity contribution < 1.29 is 19.1 Å². The summed E-state index contributed by atoms with van der Waals surface area (Å²) in [6.45, 7) is 5.57. The number of benzene rings is 2. The minimum atomic E-state index is -0.592. The van der Waals surface area contributed by atoms with Crippen LogP contribution in [-0.2, 0) is 14.3 Å². The Bertz CT molecular complexity index is 1690. The van der Waals surface area contributed by atoms with Crippen LogP contribution < -0.4 is 5.32 Å². The highest BCUT2D eigenvalue weighted by Gasteiger charge is 2.32. The van der Waals surface area contributed by atoms with Crippen LogP contribution in [0.4, 0.5) is 5.69 Å². The molecule has 1 N–H and O–H groups in total. The van der Waals surface area contributed by atoms with Gasteiger partial charge in [0, 0.05) is 35.9 Å². The molecule has 11 heteroatoms. The molecule has 4 aromatic rings. The van der Waals surface area contributed by atoms with E-state index in [1.165, 1.54) is 28.0 Å². The van der Waals surface area contributed by atoms with Gasteiger partial charge in [0.05, 0.1) is 21.5 Å². The van der Waals surface area contributed by atoms with Crippen molar-refractivity contribution in [3.63, 3.8) is 0 Å². The highest BCUT2D eigenvalue weighted by atomic mass is 32.2. The van der Waals surface area contributed by atoms with Gasteiger partial charge in [0.1, 0.15) is 9.92 Å². The van der Waals surface area contributed by atoms with Gasteiger partial charge in [-0.25, -0.2) is 4.79 Å². The Morgan fingerprint density at radius 3 is 2.49 bits per heavy atom. The molecular formula is C30H26N4O4S3. The highest BCUT2D eigenvalue weighted by Crippen LogP contribution is 2.35. The molecule has 0 spiro atoms. The van der Waals surface area contributed by atoms with Crippen LogP contribution in [0.2, 0.25) is 0 Å². The first kappa shape index (κ1) is 28.6. The van der Waals surface area contributed by atoms with E-state index >= 15 is 0 Å². The van der Waals surface area contributed by atoms with Gasteiger partial charge >= 0.3 is 5.97 Å². The van der Waals surface area contributed by atoms with Gasteiger partial charge in [0.15, 0.2) is 0 Å². The van der Waals surface area contributed by atoms with Gasteiger partial charge in [0.25, 0.3) is 5.91 Å². The summed E-state index contributed by atoms with van der Waals surface area (Å²) in [5.41, 5.74) is 4.05. The van der Waals surface area contributed by atoms with Crippen molar-refractivity contribution in [1.29, 1.82) is 0 Å². The van der Waals surface area contributed by atoms with E-state index in [1.54, 1.807) is 57.4 Å². The molecule has 2 aromatic heterocycles. The summed E-state index contributed by atoms with van der Waals surface area (Å²) in [4.78, 5) is 49.4. The molecule has 0 atom stereocenters. The molecule has 0 radical (unpaired) electrons. The first-order chi connectivity index (χ1) is 19.6. The highest BCUT2D eigenvalue weighted by molar-refractivity contribution is 8.26. The number of amides is 2. The summed E-state index contributed by atoms with van der Waals surface area (Å²) in [5.74, 6) is -0.915. The number of thiocarbonyl (C=S) groups is 1. The second kappa shape index (κ2) is 11.9. The maximum Gasteiger partial charge on any atom is 0.338 e. The summed E-state index contributed by atoms with van der Waals surface area (Å²) < 4.78 is 5.77. The topological polar surface area (TPSA) is 101 Å². The normalized spacial score (nSPS) is 14.6. The fourth-order valence-corrected chi connectivity index (χ4v) is 6.23. The van der Waals surface area contributed by atoms with Gasteiger partial charge in [-0.15, -0.1) is 11.3 Å². The largest absolute Gasteiger partial charge is 0.456 e. The van der Waals surface area contributed by atoms with Crippen molar-refractivity contribution in [2.45, 2.75) is 32.8 Å². The Balaban J connectivity index is 1.17. The molecule has 1 aliphatic rings. The number of nitrogens with one attached hydrogen (secondary N) is 1. The number of nitrogens with zero attached hydrogens (tertiary/aromatic N) is 3. The lowest BCUT2D eigenvalue weighted by Gasteiger charge is -2.19. The van der Waals surface area contributed by atoms with Crippen LogP contribution in [0.1, 0.15) is 42.4 Å². The minimum absolute atomic E-state index is 0.0710. The van der Waals surface area contributed by atoms with Crippen molar-refractivity contribution >= 4 is 80.2 Å². The number of hydrogen-bond donors (Lipinski definition) is 1. The number of rotatable bonds is 7. The lowest BCUT2D eigenvalue weighted by atomic mass is 10.1. The SMILES string of the molecule is CC(C)(C)OC(=O)c1ccc(NC(=O)CCN2C(=O)C(=Cc3cc(-c4ccc5nccnc5c4)cs3)SC2=S)cc1. The van der Waals surface area contributed by atoms with Crippen LogP contribution in [0.15, 0.2) is 71.2 Å². The molecular weight excluding hydrogens is 577 g/mol. The van der Waals surface area contributed by atoms with E-state index in [1.807, 2.05) is 35.7 Å². The first-order valence-electron chi connectivity index (χ1n) is 12.7. The third kappa shape index (κ3) is 7.05. The van der Waals surface area contributed by atoms with Crippen LogP contribution in [0.25, 0.3) is 28.2 Å². The Morgan fingerprint density at radius 1 is 1.02 bits per heavy atom. The number of aromatic nitrogens is 2. The average molecular weight is 603 g/mol. The minimum Gasteiger partial charge on any atom is -0.456 e. The van der Waals surface area contributed by atoms with E-state index in [4.69, 9.17) is 17.0 Å². The van der Waals surface area contributed by atoms with Crippen LogP contribution in [0.5, 0.6) is 0 Å². The summed E-state index contributed by atoms with van der Waals surface area (Å²) in [7, 11) is 0. The number of thiophene rings is 1. The van der Waals surface area contributed by atoms with E-state index in [9.17, 15) is 14.4 Å². The Hall–Kier alpha value is -3.93. The number of anilines is 1. The van der Waals surface area contributed by atoms with Crippen LogP contribution in [-0.4, -0.2) is 49.1 Å². The fraction of sp³-hybridized carbons (Fsp3) is 0.200. The van der Waals surface area contributed by atoms with Crippen molar-refractivity contribution in [2.24, 2.45) is 0 Å². The van der Waals surface area contributed by atoms with Crippen LogP contribution in [0, 0.1) is 0 Å². The Kier molecular flexibility index (Phi) is 8.30. The summed E-state index contributed by atoms with van der Waals surface area (Å²) in [6, 6.07) is 14.4. The molecule has 0 saturated carbocycles. The standard InChI is InChI=1S/C30H26N4O4S3/c1-30(2,3)38-28(37)18-4-7-21(8-5-18)33-26(35)10-13-34-27(36)25(41-29(34)39)16-22-14-20(17-40-22)19-6-9-23-24(15-19)32-12-11-31-23/h4-9,11-12,14-17H,10,13H2,1-3H3,(H,33,35). The van der Waals surface area contributed by atoms with Gasteiger partial charge in [-0.3, -0.25) is 24.5 Å². The van der Waals surface area contributed by atoms with E-state index < -0.39 is 11.6 Å². The second-order valence-corrected chi connectivity index (χ2v) is 12.8. The summed E-state index contributed by atoms with van der Waals surface area (Å²) >= 11 is 8.20. The van der Waals surface area contributed by atoms with E-state index in [2.05, 4.69) is 15.3 Å². The third-order valence-electron chi connectivity index (χ3n) is 5.94. The third-order valence-corrected chi connectivity index (χ3v) is 8.19. The van der Waals surface area contributed by atoms with Crippen molar-refractivity contribution in [3.8, 4) is 11.1 Å². The smallest absolute Gasteiger partial charge is 0.338 e. The number of carbonyl (C=O) groups excluding carboxylic acids is 3. The number of ether oxygens (including phenoxy) is 1. The number of carbonyl (C=O) groups is 3. The van der Waals surface area contributed by atoms with Gasteiger partial charge in [-0.1, -0.05) is 30.0 Å². The molecule has 1 fully saturated rings. The van der Waals surface area contributed by atoms with Gasteiger partial charge in [-0.05, 0) is 85.8 Å². The fourth-order valence-electron chi connectivity index (χ4n) is 4.01. The van der Waals surface area contributed by atoms with Crippen molar-refractivity contribution in [2.75, 3.05) is 11.9 Å². The first-order valence-corrected chi connectivity index (χ1v) is 14.8. The summed E-state index contributed by atoms with van der Waals surface area (Å²) in [6.07, 6.45) is 5.24. The lowest BCUT2D eigenvalue weighted by Crippen LogP contribution is -2.31. The molecule has 41 heavy (non-hydrogen) atoms. The zero-order chi connectivity index (χ0) is 29.1. The molecule has 5 rings (SSSR count). The van der Waals surface area contributed by atoms with Crippen LogP contribution in [0.3, 0.4) is 0 Å². The second-order valence-electron chi connectivity index (χ2n) is 10.2. The summed E-state index contributed by atoms with van der Waals surface area (Å²) in [5, 5.41) is 4.83. The maximum atomic E-state index is 13.1. The Labute approximate surface area is 250 Å². The molecule has 1 saturated heterocycles. The zero-order valence-corrected chi connectivity index (χ0v) is 25.0. The predicted molar refractivity (Wildman–Crippen MR) is 168 cm³/mol. The maximum absolute atomic E-state index is 13.1.